The van der Waals surface area contributed by atoms with Gasteiger partial charge in [-0.1, -0.05) is 37.6 Å². The minimum absolute atomic E-state index is 0.00502. The Morgan fingerprint density at radius 1 is 1.44 bits per heavy atom. The van der Waals surface area contributed by atoms with Crippen molar-refractivity contribution in [2.75, 3.05) is 13.1 Å². The lowest BCUT2D eigenvalue weighted by Gasteiger charge is -2.25. The molecule has 0 aliphatic rings. The first kappa shape index (κ1) is 15.0. The lowest BCUT2D eigenvalue weighted by atomic mass is 9.85. The first-order valence-electron chi connectivity index (χ1n) is 6.14. The number of halogens is 1. The molecule has 3 N–H and O–H groups in total. The minimum atomic E-state index is -0.00502. The molecule has 3 nitrogen and oxygen atoms in total. The normalized spacial score (nSPS) is 11.3. The van der Waals surface area contributed by atoms with Crippen LogP contribution in [0.4, 0.5) is 0 Å². The fraction of sp³-hybridized carbons (Fsp3) is 0.500. The van der Waals surface area contributed by atoms with Crippen molar-refractivity contribution < 1.29 is 4.79 Å². The van der Waals surface area contributed by atoms with Gasteiger partial charge in [0.15, 0.2) is 0 Å². The number of benzene rings is 1. The van der Waals surface area contributed by atoms with Crippen LogP contribution in [0.1, 0.15) is 25.8 Å². The van der Waals surface area contributed by atoms with Crippen LogP contribution >= 0.6 is 11.6 Å². The third-order valence-corrected chi connectivity index (χ3v) is 2.94. The Kier molecular flexibility index (Phi) is 5.63. The zero-order valence-corrected chi connectivity index (χ0v) is 11.8. The van der Waals surface area contributed by atoms with Gasteiger partial charge in [-0.2, -0.15) is 0 Å². The highest BCUT2D eigenvalue weighted by Gasteiger charge is 2.19. The molecule has 0 aromatic heterocycles. The van der Waals surface area contributed by atoms with E-state index in [9.17, 15) is 4.79 Å². The van der Waals surface area contributed by atoms with E-state index >= 15 is 0 Å². The SMILES string of the molecule is CC(C)(CNC(=O)CCN)Cc1cccc(Cl)c1. The smallest absolute Gasteiger partial charge is 0.221 e. The summed E-state index contributed by atoms with van der Waals surface area (Å²) in [6.45, 7) is 5.27. The molecule has 1 aromatic rings. The average molecular weight is 269 g/mol. The summed E-state index contributed by atoms with van der Waals surface area (Å²) in [6, 6.07) is 7.82. The van der Waals surface area contributed by atoms with Gasteiger partial charge in [0.25, 0.3) is 0 Å². The Morgan fingerprint density at radius 2 is 2.17 bits per heavy atom. The van der Waals surface area contributed by atoms with Gasteiger partial charge in [0.1, 0.15) is 0 Å². The van der Waals surface area contributed by atoms with Crippen molar-refractivity contribution in [2.24, 2.45) is 11.1 Å². The van der Waals surface area contributed by atoms with E-state index in [0.717, 1.165) is 11.4 Å². The average Bonchev–Trinajstić information content (AvgIpc) is 2.26. The van der Waals surface area contributed by atoms with Gasteiger partial charge in [0.05, 0.1) is 0 Å². The molecule has 0 unspecified atom stereocenters. The maximum Gasteiger partial charge on any atom is 0.221 e. The molecule has 1 amide bonds. The summed E-state index contributed by atoms with van der Waals surface area (Å²) in [4.78, 5) is 11.4. The van der Waals surface area contributed by atoms with Crippen LogP contribution in [0.2, 0.25) is 5.02 Å². The van der Waals surface area contributed by atoms with E-state index in [4.69, 9.17) is 17.3 Å². The predicted molar refractivity (Wildman–Crippen MR) is 75.6 cm³/mol. The number of rotatable bonds is 6. The molecule has 4 heteroatoms. The Balaban J connectivity index is 2.51. The summed E-state index contributed by atoms with van der Waals surface area (Å²) < 4.78 is 0. The van der Waals surface area contributed by atoms with Gasteiger partial charge >= 0.3 is 0 Å². The molecule has 1 rings (SSSR count). The van der Waals surface area contributed by atoms with Crippen LogP contribution in [0.5, 0.6) is 0 Å². The monoisotopic (exact) mass is 268 g/mol. The molecular formula is C14H21ClN2O. The maximum absolute atomic E-state index is 11.4. The number of hydrogen-bond acceptors (Lipinski definition) is 2. The van der Waals surface area contributed by atoms with Gasteiger partial charge in [-0.25, -0.2) is 0 Å². The lowest BCUT2D eigenvalue weighted by molar-refractivity contribution is -0.121. The zero-order valence-electron chi connectivity index (χ0n) is 11.0. The highest BCUT2D eigenvalue weighted by Crippen LogP contribution is 2.22. The second-order valence-corrected chi connectivity index (χ2v) is 5.72. The summed E-state index contributed by atoms with van der Waals surface area (Å²) in [6.07, 6.45) is 1.25. The van der Waals surface area contributed by atoms with E-state index in [1.807, 2.05) is 18.2 Å². The first-order chi connectivity index (χ1) is 8.43. The molecule has 0 saturated carbocycles. The van der Waals surface area contributed by atoms with E-state index < -0.39 is 0 Å². The van der Waals surface area contributed by atoms with Gasteiger partial charge in [0.2, 0.25) is 5.91 Å². The Bertz CT molecular complexity index is 405. The van der Waals surface area contributed by atoms with Crippen molar-refractivity contribution >= 4 is 17.5 Å². The molecule has 0 aliphatic carbocycles. The molecule has 0 spiro atoms. The van der Waals surface area contributed by atoms with E-state index in [1.54, 1.807) is 0 Å². The molecule has 0 aliphatic heterocycles. The number of nitrogens with two attached hydrogens (primary N) is 1. The van der Waals surface area contributed by atoms with Gasteiger partial charge in [0, 0.05) is 24.5 Å². The lowest BCUT2D eigenvalue weighted by Crippen LogP contribution is -2.36. The molecule has 0 heterocycles. The number of carbonyl (C=O) groups is 1. The standard InChI is InChI=1S/C14H21ClN2O/c1-14(2,10-17-13(18)6-7-16)9-11-4-3-5-12(15)8-11/h3-5,8H,6-7,9-10,16H2,1-2H3,(H,17,18). The number of amides is 1. The summed E-state index contributed by atoms with van der Waals surface area (Å²) >= 11 is 5.96. The van der Waals surface area contributed by atoms with Gasteiger partial charge in [-0.05, 0) is 29.5 Å². The molecule has 0 radical (unpaired) electrons. The summed E-state index contributed by atoms with van der Waals surface area (Å²) in [5.41, 5.74) is 6.51. The first-order valence-corrected chi connectivity index (χ1v) is 6.52. The fourth-order valence-corrected chi connectivity index (χ4v) is 2.03. The summed E-state index contributed by atoms with van der Waals surface area (Å²) in [5, 5.41) is 3.65. The van der Waals surface area contributed by atoms with E-state index in [-0.39, 0.29) is 11.3 Å². The van der Waals surface area contributed by atoms with E-state index in [0.29, 0.717) is 19.5 Å². The van der Waals surface area contributed by atoms with Crippen LogP contribution in [-0.2, 0) is 11.2 Å². The highest BCUT2D eigenvalue weighted by molar-refractivity contribution is 6.30. The Hall–Kier alpha value is -1.06. The predicted octanol–water partition coefficient (Wildman–Crippen LogP) is 2.37. The van der Waals surface area contributed by atoms with Crippen LogP contribution in [0.15, 0.2) is 24.3 Å². The summed E-state index contributed by atoms with van der Waals surface area (Å²) in [7, 11) is 0. The van der Waals surface area contributed by atoms with Crippen LogP contribution in [0, 0.1) is 5.41 Å². The molecule has 0 saturated heterocycles. The maximum atomic E-state index is 11.4. The van der Waals surface area contributed by atoms with Crippen LogP contribution in [0.3, 0.4) is 0 Å². The summed E-state index contributed by atoms with van der Waals surface area (Å²) in [5.74, 6) is 0.0108. The number of nitrogens with one attached hydrogen (secondary N) is 1. The second kappa shape index (κ2) is 6.76. The molecule has 18 heavy (non-hydrogen) atoms. The van der Waals surface area contributed by atoms with Crippen LogP contribution < -0.4 is 11.1 Å². The van der Waals surface area contributed by atoms with Gasteiger partial charge in [-0.15, -0.1) is 0 Å². The van der Waals surface area contributed by atoms with Crippen molar-refractivity contribution in [2.45, 2.75) is 26.7 Å². The Labute approximate surface area is 114 Å². The minimum Gasteiger partial charge on any atom is -0.356 e. The van der Waals surface area contributed by atoms with Crippen molar-refractivity contribution in [3.8, 4) is 0 Å². The quantitative estimate of drug-likeness (QED) is 0.832. The van der Waals surface area contributed by atoms with Crippen molar-refractivity contribution in [1.29, 1.82) is 0 Å². The van der Waals surface area contributed by atoms with Gasteiger partial charge < -0.3 is 11.1 Å². The third-order valence-electron chi connectivity index (χ3n) is 2.71. The third kappa shape index (κ3) is 5.52. The molecule has 1 aromatic carbocycles. The molecular weight excluding hydrogens is 248 g/mol. The fourth-order valence-electron chi connectivity index (χ4n) is 1.82. The van der Waals surface area contributed by atoms with Crippen LogP contribution in [-0.4, -0.2) is 19.0 Å². The zero-order chi connectivity index (χ0) is 13.6. The number of carbonyl (C=O) groups excluding carboxylic acids is 1. The van der Waals surface area contributed by atoms with Crippen LogP contribution in [0.25, 0.3) is 0 Å². The molecule has 0 atom stereocenters. The molecule has 0 fully saturated rings. The second-order valence-electron chi connectivity index (χ2n) is 5.29. The topological polar surface area (TPSA) is 55.1 Å². The largest absolute Gasteiger partial charge is 0.356 e. The van der Waals surface area contributed by atoms with E-state index in [1.165, 1.54) is 5.56 Å². The molecule has 0 bridgehead atoms. The number of hydrogen-bond donors (Lipinski definition) is 2. The highest BCUT2D eigenvalue weighted by atomic mass is 35.5. The van der Waals surface area contributed by atoms with Gasteiger partial charge in [-0.3, -0.25) is 4.79 Å². The van der Waals surface area contributed by atoms with Crippen molar-refractivity contribution in [1.82, 2.24) is 5.32 Å². The van der Waals surface area contributed by atoms with Crippen molar-refractivity contribution in [3.63, 3.8) is 0 Å². The molecule has 100 valence electrons. The van der Waals surface area contributed by atoms with E-state index in [2.05, 4.69) is 25.2 Å². The Morgan fingerprint density at radius 3 is 2.78 bits per heavy atom. The van der Waals surface area contributed by atoms with Crippen molar-refractivity contribution in [3.05, 3.63) is 34.9 Å².